The number of hydrogen-bond acceptors (Lipinski definition) is 5. The van der Waals surface area contributed by atoms with E-state index in [2.05, 4.69) is 36.3 Å². The van der Waals surface area contributed by atoms with E-state index in [4.69, 9.17) is 11.1 Å². The number of nitrogens with one attached hydrogen (secondary N) is 1. The van der Waals surface area contributed by atoms with Crippen LogP contribution in [-0.2, 0) is 12.8 Å². The molecule has 200 valence electrons. The van der Waals surface area contributed by atoms with E-state index < -0.39 is 11.9 Å². The number of aromatic nitrogens is 1. The lowest BCUT2D eigenvalue weighted by molar-refractivity contribution is -0.0925. The average Bonchev–Trinajstić information content (AvgIpc) is 3.51. The minimum absolute atomic E-state index is 0.171. The quantitative estimate of drug-likeness (QED) is 0.156. The standard InChI is InChI=1S/C29H36F3N3S2/c1-3-5-7-9-11-20-14-16-36-28(20)25-18-21(12-10-8-6-4-2)27(37-25)22-13-15-35-24(17-22)23(33)19-26(34)29(30,31)32/h13-19,33H,3-12,34H2,1-2H3. The highest BCUT2D eigenvalue weighted by Crippen LogP contribution is 2.42. The summed E-state index contributed by atoms with van der Waals surface area (Å²) in [7, 11) is 0. The Hall–Kier alpha value is -2.45. The Labute approximate surface area is 226 Å². The molecule has 0 saturated heterocycles. The molecule has 0 amide bonds. The van der Waals surface area contributed by atoms with Crippen LogP contribution in [0.1, 0.15) is 82.0 Å². The minimum atomic E-state index is -4.67. The predicted octanol–water partition coefficient (Wildman–Crippen LogP) is 9.56. The molecule has 0 saturated carbocycles. The fourth-order valence-electron chi connectivity index (χ4n) is 4.23. The smallest absolute Gasteiger partial charge is 0.395 e. The molecule has 3 aromatic rings. The summed E-state index contributed by atoms with van der Waals surface area (Å²) in [5, 5.41) is 10.3. The van der Waals surface area contributed by atoms with Crippen LogP contribution in [0.2, 0.25) is 0 Å². The Morgan fingerprint density at radius 1 is 0.946 bits per heavy atom. The lowest BCUT2D eigenvalue weighted by atomic mass is 10.0. The molecule has 37 heavy (non-hydrogen) atoms. The number of nitrogens with zero attached hydrogens (tertiary/aromatic N) is 1. The number of nitrogens with two attached hydrogens (primary N) is 1. The van der Waals surface area contributed by atoms with Crippen LogP contribution < -0.4 is 5.73 Å². The van der Waals surface area contributed by atoms with Crippen molar-refractivity contribution in [3.05, 3.63) is 64.4 Å². The molecular weight excluding hydrogens is 511 g/mol. The van der Waals surface area contributed by atoms with Crippen molar-refractivity contribution < 1.29 is 13.2 Å². The van der Waals surface area contributed by atoms with E-state index in [0.717, 1.165) is 36.1 Å². The second kappa shape index (κ2) is 13.9. The second-order valence-corrected chi connectivity index (χ2v) is 11.3. The molecule has 8 heteroatoms. The van der Waals surface area contributed by atoms with Crippen LogP contribution in [0.4, 0.5) is 13.2 Å². The van der Waals surface area contributed by atoms with Crippen LogP contribution >= 0.6 is 22.7 Å². The van der Waals surface area contributed by atoms with Crippen molar-refractivity contribution in [1.82, 2.24) is 4.98 Å². The fourth-order valence-corrected chi connectivity index (χ4v) is 6.55. The van der Waals surface area contributed by atoms with Crippen molar-refractivity contribution >= 4 is 28.4 Å². The van der Waals surface area contributed by atoms with E-state index in [1.807, 2.05) is 6.07 Å². The molecule has 0 unspecified atom stereocenters. The second-order valence-electron chi connectivity index (χ2n) is 9.30. The van der Waals surface area contributed by atoms with Crippen LogP contribution in [0.5, 0.6) is 0 Å². The number of allylic oxidation sites excluding steroid dienone is 2. The highest BCUT2D eigenvalue weighted by atomic mass is 32.1. The first-order valence-corrected chi connectivity index (χ1v) is 14.7. The van der Waals surface area contributed by atoms with Gasteiger partial charge in [-0.25, -0.2) is 0 Å². The van der Waals surface area contributed by atoms with Gasteiger partial charge in [-0.3, -0.25) is 10.4 Å². The van der Waals surface area contributed by atoms with Gasteiger partial charge in [-0.15, -0.1) is 22.7 Å². The van der Waals surface area contributed by atoms with Gasteiger partial charge in [0.25, 0.3) is 0 Å². The van der Waals surface area contributed by atoms with E-state index in [1.165, 1.54) is 59.4 Å². The summed E-state index contributed by atoms with van der Waals surface area (Å²) in [6.07, 6.45) is 9.05. The molecule has 0 atom stereocenters. The Bertz CT molecular complexity index is 1190. The molecule has 3 nitrogen and oxygen atoms in total. The van der Waals surface area contributed by atoms with Gasteiger partial charge in [0.1, 0.15) is 5.70 Å². The summed E-state index contributed by atoms with van der Waals surface area (Å²) in [6.45, 7) is 4.42. The highest BCUT2D eigenvalue weighted by Gasteiger charge is 2.31. The largest absolute Gasteiger partial charge is 0.430 e. The zero-order chi connectivity index (χ0) is 26.8. The lowest BCUT2D eigenvalue weighted by Gasteiger charge is -2.08. The highest BCUT2D eigenvalue weighted by molar-refractivity contribution is 7.23. The minimum Gasteiger partial charge on any atom is -0.395 e. The van der Waals surface area contributed by atoms with Crippen molar-refractivity contribution in [2.75, 3.05) is 0 Å². The Kier molecular flexibility index (Phi) is 10.9. The van der Waals surface area contributed by atoms with Gasteiger partial charge in [0.15, 0.2) is 0 Å². The third-order valence-corrected chi connectivity index (χ3v) is 8.67. The maximum Gasteiger partial charge on any atom is 0.430 e. The van der Waals surface area contributed by atoms with E-state index >= 15 is 0 Å². The Morgan fingerprint density at radius 3 is 2.27 bits per heavy atom. The summed E-state index contributed by atoms with van der Waals surface area (Å²) in [4.78, 5) is 7.79. The Balaban J connectivity index is 1.93. The molecule has 0 aromatic carbocycles. The molecule has 0 aliphatic heterocycles. The maximum absolute atomic E-state index is 12.9. The number of alkyl halides is 3. The molecule has 3 N–H and O–H groups in total. The number of rotatable bonds is 14. The number of halogens is 3. The van der Waals surface area contributed by atoms with Crippen LogP contribution in [0.25, 0.3) is 20.2 Å². The van der Waals surface area contributed by atoms with Gasteiger partial charge in [0.05, 0.1) is 11.4 Å². The number of thiophene rings is 2. The predicted molar refractivity (Wildman–Crippen MR) is 152 cm³/mol. The third kappa shape index (κ3) is 8.27. The average molecular weight is 548 g/mol. The van der Waals surface area contributed by atoms with E-state index in [1.54, 1.807) is 34.9 Å². The topological polar surface area (TPSA) is 62.8 Å². The molecule has 3 heterocycles. The van der Waals surface area contributed by atoms with E-state index in [9.17, 15) is 13.2 Å². The summed E-state index contributed by atoms with van der Waals surface area (Å²) < 4.78 is 38.6. The first kappa shape index (κ1) is 29.1. The zero-order valence-corrected chi connectivity index (χ0v) is 23.2. The molecule has 0 aliphatic carbocycles. The van der Waals surface area contributed by atoms with Gasteiger partial charge in [-0.2, -0.15) is 13.2 Å². The molecule has 0 aliphatic rings. The number of unbranched alkanes of at least 4 members (excludes halogenated alkanes) is 6. The normalized spacial score (nSPS) is 12.3. The Morgan fingerprint density at radius 2 is 1.62 bits per heavy atom. The van der Waals surface area contributed by atoms with Crippen molar-refractivity contribution in [2.24, 2.45) is 5.73 Å². The first-order valence-electron chi connectivity index (χ1n) is 13.0. The molecule has 0 bridgehead atoms. The third-order valence-electron chi connectivity index (χ3n) is 6.30. The van der Waals surface area contributed by atoms with Crippen molar-refractivity contribution in [3.8, 4) is 20.2 Å². The van der Waals surface area contributed by atoms with E-state index in [0.29, 0.717) is 6.08 Å². The van der Waals surface area contributed by atoms with Gasteiger partial charge in [0.2, 0.25) is 0 Å². The number of aryl methyl sites for hydroxylation is 2. The first-order chi connectivity index (χ1) is 17.7. The van der Waals surface area contributed by atoms with E-state index in [-0.39, 0.29) is 11.4 Å². The number of pyridine rings is 1. The number of hydrogen-bond donors (Lipinski definition) is 2. The van der Waals surface area contributed by atoms with Crippen LogP contribution in [0, 0.1) is 5.41 Å². The molecule has 0 spiro atoms. The summed E-state index contributed by atoms with van der Waals surface area (Å²) in [6, 6.07) is 8.10. The van der Waals surface area contributed by atoms with Crippen molar-refractivity contribution in [1.29, 1.82) is 5.41 Å². The van der Waals surface area contributed by atoms with Gasteiger partial charge in [-0.05, 0) is 78.1 Å². The fraction of sp³-hybridized carbons (Fsp3) is 0.448. The summed E-state index contributed by atoms with van der Waals surface area (Å²) >= 11 is 3.49. The van der Waals surface area contributed by atoms with Gasteiger partial charge in [-0.1, -0.05) is 52.4 Å². The molecule has 0 fully saturated rings. The van der Waals surface area contributed by atoms with Crippen LogP contribution in [-0.4, -0.2) is 16.9 Å². The monoisotopic (exact) mass is 547 g/mol. The molecule has 3 aromatic heterocycles. The van der Waals surface area contributed by atoms with Crippen LogP contribution in [0.3, 0.4) is 0 Å². The summed E-state index contributed by atoms with van der Waals surface area (Å²) in [5.41, 5.74) is 7.15. The molecule has 3 rings (SSSR count). The SMILES string of the molecule is CCCCCCc1cc(-c2sccc2CCCCCC)sc1-c1ccnc(C(=N)C=C(N)C(F)(F)F)c1. The van der Waals surface area contributed by atoms with Gasteiger partial charge < -0.3 is 5.73 Å². The van der Waals surface area contributed by atoms with Crippen LogP contribution in [0.15, 0.2) is 47.6 Å². The van der Waals surface area contributed by atoms with Gasteiger partial charge >= 0.3 is 6.18 Å². The lowest BCUT2D eigenvalue weighted by Crippen LogP contribution is -2.20. The molecule has 0 radical (unpaired) electrons. The van der Waals surface area contributed by atoms with Crippen molar-refractivity contribution in [3.63, 3.8) is 0 Å². The maximum atomic E-state index is 12.9. The molecular formula is C29H36F3N3S2. The van der Waals surface area contributed by atoms with Gasteiger partial charge in [0, 0.05) is 20.8 Å². The zero-order valence-electron chi connectivity index (χ0n) is 21.6. The summed E-state index contributed by atoms with van der Waals surface area (Å²) in [5.74, 6) is 0. The van der Waals surface area contributed by atoms with Crippen molar-refractivity contribution in [2.45, 2.75) is 84.2 Å².